The molecule has 0 spiro atoms. The van der Waals surface area contributed by atoms with Gasteiger partial charge >= 0.3 is 0 Å². The van der Waals surface area contributed by atoms with Crippen LogP contribution >= 0.6 is 11.3 Å². The Bertz CT molecular complexity index is 714. The lowest BCUT2D eigenvalue weighted by molar-refractivity contribution is 0.796. The minimum Gasteiger partial charge on any atom is -0.330 e. The number of nitrogens with two attached hydrogens (primary N) is 1. The van der Waals surface area contributed by atoms with Gasteiger partial charge in [0.05, 0.1) is 5.69 Å². The largest absolute Gasteiger partial charge is 0.330 e. The molecule has 0 saturated heterocycles. The van der Waals surface area contributed by atoms with E-state index in [4.69, 9.17) is 5.73 Å². The second kappa shape index (κ2) is 5.73. The summed E-state index contributed by atoms with van der Waals surface area (Å²) in [6.45, 7) is 2.76. The van der Waals surface area contributed by atoms with Gasteiger partial charge in [0.1, 0.15) is 0 Å². The molecule has 0 aliphatic carbocycles. The van der Waals surface area contributed by atoms with Crippen molar-refractivity contribution in [3.05, 3.63) is 52.3 Å². The van der Waals surface area contributed by atoms with Crippen LogP contribution in [0, 0.1) is 6.92 Å². The highest BCUT2D eigenvalue weighted by atomic mass is 32.1. The molecule has 1 aromatic carbocycles. The van der Waals surface area contributed by atoms with Gasteiger partial charge in [-0.05, 0) is 25.5 Å². The standard InChI is InChI=1S/C15H18N4S/c1-11-3-2-4-12(9-11)5-6-14-17-15-19(18-14)13(7-8-16)10-20-15/h2-4,9-10H,5-8,16H2,1H3. The molecule has 20 heavy (non-hydrogen) atoms. The van der Waals surface area contributed by atoms with E-state index in [0.717, 1.165) is 35.7 Å². The number of thiazole rings is 1. The SMILES string of the molecule is Cc1cccc(CCc2nc3scc(CCN)n3n2)c1. The van der Waals surface area contributed by atoms with Gasteiger partial charge < -0.3 is 5.73 Å². The first-order valence-corrected chi connectivity index (χ1v) is 7.72. The summed E-state index contributed by atoms with van der Waals surface area (Å²) in [5, 5.41) is 6.68. The molecular weight excluding hydrogens is 268 g/mol. The van der Waals surface area contributed by atoms with Crippen LogP contribution in [0.15, 0.2) is 29.6 Å². The van der Waals surface area contributed by atoms with Crippen LogP contribution in [0.5, 0.6) is 0 Å². The average molecular weight is 286 g/mol. The monoisotopic (exact) mass is 286 g/mol. The van der Waals surface area contributed by atoms with E-state index >= 15 is 0 Å². The van der Waals surface area contributed by atoms with Gasteiger partial charge in [-0.1, -0.05) is 29.8 Å². The zero-order valence-electron chi connectivity index (χ0n) is 11.5. The molecule has 0 saturated carbocycles. The Kier molecular flexibility index (Phi) is 3.80. The van der Waals surface area contributed by atoms with Crippen molar-refractivity contribution < 1.29 is 0 Å². The van der Waals surface area contributed by atoms with Crippen molar-refractivity contribution in [2.75, 3.05) is 6.54 Å². The lowest BCUT2D eigenvalue weighted by Gasteiger charge is -2.00. The minimum atomic E-state index is 0.643. The van der Waals surface area contributed by atoms with Crippen molar-refractivity contribution in [2.45, 2.75) is 26.2 Å². The van der Waals surface area contributed by atoms with Crippen LogP contribution in [-0.2, 0) is 19.3 Å². The molecular formula is C15H18N4S. The fourth-order valence-electron chi connectivity index (χ4n) is 2.31. The summed E-state index contributed by atoms with van der Waals surface area (Å²) < 4.78 is 1.93. The summed E-state index contributed by atoms with van der Waals surface area (Å²) in [6.07, 6.45) is 2.70. The Balaban J connectivity index is 1.74. The van der Waals surface area contributed by atoms with Crippen molar-refractivity contribution in [2.24, 2.45) is 5.73 Å². The Morgan fingerprint density at radius 3 is 2.95 bits per heavy atom. The van der Waals surface area contributed by atoms with E-state index in [-0.39, 0.29) is 0 Å². The molecule has 3 rings (SSSR count). The molecule has 3 aromatic rings. The highest BCUT2D eigenvalue weighted by molar-refractivity contribution is 7.15. The van der Waals surface area contributed by atoms with Gasteiger partial charge in [0.2, 0.25) is 4.96 Å². The third kappa shape index (κ3) is 2.73. The number of aromatic nitrogens is 3. The molecule has 0 radical (unpaired) electrons. The molecule has 2 heterocycles. The molecule has 104 valence electrons. The second-order valence-corrected chi connectivity index (χ2v) is 5.81. The Hall–Kier alpha value is -1.72. The average Bonchev–Trinajstić information content (AvgIpc) is 2.99. The maximum atomic E-state index is 5.61. The van der Waals surface area contributed by atoms with Crippen LogP contribution in [0.1, 0.15) is 22.6 Å². The number of fused-ring (bicyclic) bond motifs is 1. The first-order valence-electron chi connectivity index (χ1n) is 6.84. The molecule has 5 heteroatoms. The van der Waals surface area contributed by atoms with Gasteiger partial charge in [0.25, 0.3) is 0 Å². The van der Waals surface area contributed by atoms with E-state index in [0.29, 0.717) is 6.54 Å². The number of nitrogens with zero attached hydrogens (tertiary/aromatic N) is 3. The highest BCUT2D eigenvalue weighted by Crippen LogP contribution is 2.15. The quantitative estimate of drug-likeness (QED) is 0.783. The first kappa shape index (κ1) is 13.3. The van der Waals surface area contributed by atoms with Gasteiger partial charge in [-0.25, -0.2) is 9.50 Å². The Morgan fingerprint density at radius 2 is 2.15 bits per heavy atom. The third-order valence-corrected chi connectivity index (χ3v) is 4.18. The van der Waals surface area contributed by atoms with Gasteiger partial charge in [0.15, 0.2) is 5.82 Å². The van der Waals surface area contributed by atoms with Crippen molar-refractivity contribution in [3.8, 4) is 0 Å². The predicted molar refractivity (Wildman–Crippen MR) is 82.2 cm³/mol. The maximum absolute atomic E-state index is 5.61. The summed E-state index contributed by atoms with van der Waals surface area (Å²) >= 11 is 1.63. The first-order chi connectivity index (χ1) is 9.76. The molecule has 0 amide bonds. The normalized spacial score (nSPS) is 11.3. The molecule has 0 bridgehead atoms. The van der Waals surface area contributed by atoms with E-state index in [9.17, 15) is 0 Å². The number of benzene rings is 1. The summed E-state index contributed by atoms with van der Waals surface area (Å²) in [5.74, 6) is 0.914. The molecule has 4 nitrogen and oxygen atoms in total. The molecule has 0 atom stereocenters. The number of hydrogen-bond donors (Lipinski definition) is 1. The molecule has 0 aliphatic heterocycles. The number of rotatable bonds is 5. The lowest BCUT2D eigenvalue weighted by Crippen LogP contribution is -2.05. The smallest absolute Gasteiger partial charge is 0.212 e. The van der Waals surface area contributed by atoms with Gasteiger partial charge in [0, 0.05) is 18.2 Å². The van der Waals surface area contributed by atoms with Crippen molar-refractivity contribution in [3.63, 3.8) is 0 Å². The number of hydrogen-bond acceptors (Lipinski definition) is 4. The van der Waals surface area contributed by atoms with Crippen molar-refractivity contribution in [1.82, 2.24) is 14.6 Å². The van der Waals surface area contributed by atoms with Crippen LogP contribution in [-0.4, -0.2) is 21.1 Å². The Labute approximate surface area is 122 Å². The maximum Gasteiger partial charge on any atom is 0.212 e. The minimum absolute atomic E-state index is 0.643. The summed E-state index contributed by atoms with van der Waals surface area (Å²) in [4.78, 5) is 5.55. The van der Waals surface area contributed by atoms with Crippen LogP contribution in [0.25, 0.3) is 4.96 Å². The predicted octanol–water partition coefficient (Wildman–Crippen LogP) is 2.39. The van der Waals surface area contributed by atoms with Crippen LogP contribution in [0.2, 0.25) is 0 Å². The summed E-state index contributed by atoms with van der Waals surface area (Å²) in [6, 6.07) is 8.60. The highest BCUT2D eigenvalue weighted by Gasteiger charge is 2.09. The van der Waals surface area contributed by atoms with Gasteiger partial charge in [-0.15, -0.1) is 11.3 Å². The van der Waals surface area contributed by atoms with Gasteiger partial charge in [-0.2, -0.15) is 5.10 Å². The summed E-state index contributed by atoms with van der Waals surface area (Å²) in [5.41, 5.74) is 9.40. The Morgan fingerprint density at radius 1 is 1.25 bits per heavy atom. The zero-order chi connectivity index (χ0) is 13.9. The zero-order valence-corrected chi connectivity index (χ0v) is 12.4. The van der Waals surface area contributed by atoms with Crippen molar-refractivity contribution in [1.29, 1.82) is 0 Å². The third-order valence-electron chi connectivity index (χ3n) is 3.31. The molecule has 0 unspecified atom stereocenters. The van der Waals surface area contributed by atoms with E-state index in [1.54, 1.807) is 11.3 Å². The van der Waals surface area contributed by atoms with E-state index in [2.05, 4.69) is 46.7 Å². The van der Waals surface area contributed by atoms with E-state index < -0.39 is 0 Å². The van der Waals surface area contributed by atoms with E-state index in [1.807, 2.05) is 4.52 Å². The van der Waals surface area contributed by atoms with Crippen LogP contribution in [0.3, 0.4) is 0 Å². The van der Waals surface area contributed by atoms with E-state index in [1.165, 1.54) is 11.1 Å². The molecule has 2 aromatic heterocycles. The summed E-state index contributed by atoms with van der Waals surface area (Å²) in [7, 11) is 0. The van der Waals surface area contributed by atoms with Gasteiger partial charge in [-0.3, -0.25) is 0 Å². The van der Waals surface area contributed by atoms with Crippen LogP contribution < -0.4 is 5.73 Å². The second-order valence-electron chi connectivity index (χ2n) is 4.98. The number of aryl methyl sites for hydroxylation is 3. The molecule has 0 fully saturated rings. The fraction of sp³-hybridized carbons (Fsp3) is 0.333. The molecule has 2 N–H and O–H groups in total. The van der Waals surface area contributed by atoms with Crippen molar-refractivity contribution >= 4 is 16.3 Å². The fourth-order valence-corrected chi connectivity index (χ4v) is 3.19. The molecule has 0 aliphatic rings. The van der Waals surface area contributed by atoms with Crippen LogP contribution in [0.4, 0.5) is 0 Å². The lowest BCUT2D eigenvalue weighted by atomic mass is 10.1. The topological polar surface area (TPSA) is 56.2 Å².